The number of rotatable bonds is 5. The van der Waals surface area contributed by atoms with Gasteiger partial charge in [-0.1, -0.05) is 24.3 Å². The van der Waals surface area contributed by atoms with Crippen LogP contribution >= 0.6 is 0 Å². The quantitative estimate of drug-likeness (QED) is 0.795. The molecule has 3 heterocycles. The number of benzene rings is 1. The third-order valence-corrected chi connectivity index (χ3v) is 6.16. The molecular weight excluding hydrogens is 352 g/mol. The SMILES string of the molecule is CN(C)C(=O)C(CN1CCC2(CC1)OCCc1ccccc12)Cn1cccn1. The summed E-state index contributed by atoms with van der Waals surface area (Å²) in [6, 6.07) is 10.6. The van der Waals surface area contributed by atoms with E-state index < -0.39 is 0 Å². The summed E-state index contributed by atoms with van der Waals surface area (Å²) in [7, 11) is 3.66. The minimum Gasteiger partial charge on any atom is -0.370 e. The van der Waals surface area contributed by atoms with Crippen molar-refractivity contribution in [2.24, 2.45) is 5.92 Å². The van der Waals surface area contributed by atoms with Gasteiger partial charge in [-0.05, 0) is 36.5 Å². The molecule has 0 aliphatic carbocycles. The van der Waals surface area contributed by atoms with E-state index in [-0.39, 0.29) is 17.4 Å². The van der Waals surface area contributed by atoms with Crippen LogP contribution in [0.3, 0.4) is 0 Å². The monoisotopic (exact) mass is 382 g/mol. The fraction of sp³-hybridized carbons (Fsp3) is 0.545. The number of hydrogen-bond donors (Lipinski definition) is 0. The maximum Gasteiger partial charge on any atom is 0.228 e. The Hall–Kier alpha value is -2.18. The first-order valence-electron chi connectivity index (χ1n) is 10.2. The second-order valence-corrected chi connectivity index (χ2v) is 8.21. The number of ether oxygens (including phenoxy) is 1. The van der Waals surface area contributed by atoms with Crippen molar-refractivity contribution >= 4 is 5.91 Å². The Kier molecular flexibility index (Phi) is 5.51. The Morgan fingerprint density at radius 1 is 1.21 bits per heavy atom. The Balaban J connectivity index is 1.43. The lowest BCUT2D eigenvalue weighted by Gasteiger charge is -2.45. The average molecular weight is 383 g/mol. The lowest BCUT2D eigenvalue weighted by Crippen LogP contribution is -2.49. The highest BCUT2D eigenvalue weighted by Crippen LogP contribution is 2.41. The van der Waals surface area contributed by atoms with Crippen molar-refractivity contribution in [3.63, 3.8) is 0 Å². The number of aromatic nitrogens is 2. The van der Waals surface area contributed by atoms with Crippen LogP contribution < -0.4 is 0 Å². The van der Waals surface area contributed by atoms with Crippen molar-refractivity contribution in [1.29, 1.82) is 0 Å². The molecule has 1 saturated heterocycles. The predicted molar refractivity (Wildman–Crippen MR) is 108 cm³/mol. The number of carbonyl (C=O) groups is 1. The Morgan fingerprint density at radius 2 is 2.00 bits per heavy atom. The van der Waals surface area contributed by atoms with Crippen molar-refractivity contribution in [2.45, 2.75) is 31.4 Å². The van der Waals surface area contributed by atoms with E-state index in [9.17, 15) is 4.79 Å². The van der Waals surface area contributed by atoms with Gasteiger partial charge in [0.15, 0.2) is 0 Å². The molecule has 1 aromatic carbocycles. The van der Waals surface area contributed by atoms with Crippen LogP contribution in [0.25, 0.3) is 0 Å². The number of piperidine rings is 1. The van der Waals surface area contributed by atoms with Gasteiger partial charge >= 0.3 is 0 Å². The highest BCUT2D eigenvalue weighted by atomic mass is 16.5. The summed E-state index contributed by atoms with van der Waals surface area (Å²) >= 11 is 0. The third-order valence-electron chi connectivity index (χ3n) is 6.16. The number of fused-ring (bicyclic) bond motifs is 2. The Morgan fingerprint density at radius 3 is 2.71 bits per heavy atom. The highest BCUT2D eigenvalue weighted by Gasteiger charge is 2.41. The molecule has 6 nitrogen and oxygen atoms in total. The molecule has 1 spiro atoms. The zero-order valence-electron chi connectivity index (χ0n) is 16.9. The van der Waals surface area contributed by atoms with Crippen molar-refractivity contribution in [2.75, 3.05) is 40.3 Å². The first kappa shape index (κ1) is 19.2. The Bertz CT molecular complexity index is 795. The number of likely N-dealkylation sites (tertiary alicyclic amines) is 1. The maximum absolute atomic E-state index is 12.7. The predicted octanol–water partition coefficient (Wildman–Crippen LogP) is 2.15. The molecule has 1 fully saturated rings. The molecule has 1 unspecified atom stereocenters. The summed E-state index contributed by atoms with van der Waals surface area (Å²) in [5.74, 6) is 0.0681. The van der Waals surface area contributed by atoms with Crippen LogP contribution in [-0.2, 0) is 28.1 Å². The molecule has 0 N–H and O–H groups in total. The van der Waals surface area contributed by atoms with Gasteiger partial charge in [0.25, 0.3) is 0 Å². The minimum absolute atomic E-state index is 0.0940. The molecule has 0 radical (unpaired) electrons. The average Bonchev–Trinajstić information content (AvgIpc) is 3.22. The second-order valence-electron chi connectivity index (χ2n) is 8.21. The van der Waals surface area contributed by atoms with Crippen LogP contribution in [0.15, 0.2) is 42.7 Å². The highest BCUT2D eigenvalue weighted by molar-refractivity contribution is 5.78. The van der Waals surface area contributed by atoms with Crippen molar-refractivity contribution in [3.8, 4) is 0 Å². The summed E-state index contributed by atoms with van der Waals surface area (Å²) < 4.78 is 8.20. The molecule has 0 bridgehead atoms. The molecule has 6 heteroatoms. The van der Waals surface area contributed by atoms with Gasteiger partial charge in [0.05, 0.1) is 24.7 Å². The van der Waals surface area contributed by atoms with E-state index >= 15 is 0 Å². The summed E-state index contributed by atoms with van der Waals surface area (Å²) in [4.78, 5) is 16.8. The van der Waals surface area contributed by atoms with E-state index in [1.807, 2.05) is 31.0 Å². The number of carbonyl (C=O) groups excluding carboxylic acids is 1. The number of amides is 1. The molecule has 28 heavy (non-hydrogen) atoms. The van der Waals surface area contributed by atoms with Gasteiger partial charge in [0.2, 0.25) is 5.91 Å². The standard InChI is InChI=1S/C22H30N4O2/c1-24(2)21(27)19(17-26-12-5-11-23-26)16-25-13-9-22(10-14-25)20-7-4-3-6-18(20)8-15-28-22/h3-7,11-12,19H,8-10,13-17H2,1-2H3. The minimum atomic E-state index is -0.144. The molecule has 4 rings (SSSR count). The first-order chi connectivity index (χ1) is 13.6. The molecule has 150 valence electrons. The van der Waals surface area contributed by atoms with Crippen LogP contribution in [0, 0.1) is 5.92 Å². The van der Waals surface area contributed by atoms with Crippen molar-refractivity contribution in [3.05, 3.63) is 53.9 Å². The van der Waals surface area contributed by atoms with E-state index in [0.29, 0.717) is 6.54 Å². The lowest BCUT2D eigenvalue weighted by atomic mass is 9.79. The van der Waals surface area contributed by atoms with Crippen molar-refractivity contribution < 1.29 is 9.53 Å². The van der Waals surface area contributed by atoms with E-state index in [1.54, 1.807) is 11.1 Å². The zero-order valence-corrected chi connectivity index (χ0v) is 16.9. The molecule has 1 amide bonds. The molecule has 1 aromatic heterocycles. The molecule has 0 saturated carbocycles. The summed E-state index contributed by atoms with van der Waals surface area (Å²) in [6.45, 7) is 4.08. The van der Waals surface area contributed by atoms with E-state index in [4.69, 9.17) is 4.74 Å². The fourth-order valence-corrected chi connectivity index (χ4v) is 4.65. The van der Waals surface area contributed by atoms with Crippen LogP contribution in [0.1, 0.15) is 24.0 Å². The third kappa shape index (κ3) is 3.84. The number of nitrogens with zero attached hydrogens (tertiary/aromatic N) is 4. The van der Waals surface area contributed by atoms with Crippen LogP contribution in [0.4, 0.5) is 0 Å². The van der Waals surface area contributed by atoms with Gasteiger partial charge in [0.1, 0.15) is 0 Å². The maximum atomic E-state index is 12.7. The van der Waals surface area contributed by atoms with Gasteiger partial charge < -0.3 is 14.5 Å². The molecule has 2 aliphatic heterocycles. The topological polar surface area (TPSA) is 50.6 Å². The zero-order chi connectivity index (χ0) is 19.6. The van der Waals surface area contributed by atoms with Crippen LogP contribution in [-0.4, -0.2) is 65.8 Å². The lowest BCUT2D eigenvalue weighted by molar-refractivity contribution is -0.135. The smallest absolute Gasteiger partial charge is 0.228 e. The first-order valence-corrected chi connectivity index (χ1v) is 10.2. The summed E-state index contributed by atoms with van der Waals surface area (Å²) in [6.07, 6.45) is 6.65. The van der Waals surface area contributed by atoms with Gasteiger partial charge in [-0.3, -0.25) is 9.48 Å². The van der Waals surface area contributed by atoms with Gasteiger partial charge in [-0.15, -0.1) is 0 Å². The largest absolute Gasteiger partial charge is 0.370 e. The summed E-state index contributed by atoms with van der Waals surface area (Å²) in [5, 5.41) is 4.29. The molecule has 2 aromatic rings. The summed E-state index contributed by atoms with van der Waals surface area (Å²) in [5.41, 5.74) is 2.66. The van der Waals surface area contributed by atoms with Crippen molar-refractivity contribution in [1.82, 2.24) is 19.6 Å². The van der Waals surface area contributed by atoms with Gasteiger partial charge in [-0.2, -0.15) is 5.10 Å². The van der Waals surface area contributed by atoms with Gasteiger partial charge in [-0.25, -0.2) is 0 Å². The van der Waals surface area contributed by atoms with E-state index in [2.05, 4.69) is 34.3 Å². The molecular formula is C22H30N4O2. The van der Waals surface area contributed by atoms with E-state index in [0.717, 1.165) is 45.5 Å². The van der Waals surface area contributed by atoms with E-state index in [1.165, 1.54) is 11.1 Å². The van der Waals surface area contributed by atoms with Gasteiger partial charge in [0, 0.05) is 46.1 Å². The number of hydrogen-bond acceptors (Lipinski definition) is 4. The molecule has 1 atom stereocenters. The van der Waals surface area contributed by atoms with Crippen LogP contribution in [0.5, 0.6) is 0 Å². The fourth-order valence-electron chi connectivity index (χ4n) is 4.65. The van der Waals surface area contributed by atoms with Crippen LogP contribution in [0.2, 0.25) is 0 Å². The Labute approximate surface area is 167 Å². The molecule has 2 aliphatic rings. The second kappa shape index (κ2) is 8.05. The normalized spacial score (nSPS) is 19.9.